The monoisotopic (exact) mass is 231 g/mol. The average molecular weight is 231 g/mol. The lowest BCUT2D eigenvalue weighted by Gasteiger charge is -2.42. The Morgan fingerprint density at radius 1 is 1.59 bits per heavy atom. The number of nitrogens with zero attached hydrogens (tertiary/aromatic N) is 1. The molecule has 0 amide bonds. The van der Waals surface area contributed by atoms with Crippen LogP contribution in [0.3, 0.4) is 0 Å². The molecule has 1 aliphatic carbocycles. The summed E-state index contributed by atoms with van der Waals surface area (Å²) < 4.78 is 0. The molecule has 2 aromatic rings. The van der Waals surface area contributed by atoms with Gasteiger partial charge in [0.2, 0.25) is 0 Å². The standard InChI is InChI=1S/C12H13N3O2/c13-7-4-12(5-7,11(16)17)9-6-15-10-8(9)2-1-3-14-10/h1-3,6-7H,4-5,13H2,(H,14,15)(H,16,17). The van der Waals surface area contributed by atoms with E-state index in [1.165, 1.54) is 0 Å². The number of nitrogens with two attached hydrogens (primary N) is 1. The minimum Gasteiger partial charge on any atom is -0.481 e. The zero-order chi connectivity index (χ0) is 12.0. The van der Waals surface area contributed by atoms with Gasteiger partial charge in [0.05, 0.1) is 5.41 Å². The van der Waals surface area contributed by atoms with Gasteiger partial charge in [0.25, 0.3) is 0 Å². The van der Waals surface area contributed by atoms with Crippen molar-refractivity contribution in [3.05, 3.63) is 30.1 Å². The Kier molecular flexibility index (Phi) is 2.00. The van der Waals surface area contributed by atoms with Crippen LogP contribution >= 0.6 is 0 Å². The van der Waals surface area contributed by atoms with E-state index in [0.29, 0.717) is 12.8 Å². The van der Waals surface area contributed by atoms with E-state index in [0.717, 1.165) is 16.6 Å². The van der Waals surface area contributed by atoms with Crippen molar-refractivity contribution >= 4 is 17.0 Å². The number of carboxylic acids is 1. The fourth-order valence-electron chi connectivity index (χ4n) is 2.70. The third kappa shape index (κ3) is 1.29. The zero-order valence-corrected chi connectivity index (χ0v) is 9.18. The zero-order valence-electron chi connectivity index (χ0n) is 9.18. The van der Waals surface area contributed by atoms with Crippen molar-refractivity contribution < 1.29 is 9.90 Å². The number of aromatic amines is 1. The number of aliphatic carboxylic acids is 1. The predicted octanol–water partition coefficient (Wildman–Crippen LogP) is 1.01. The number of pyridine rings is 1. The molecule has 5 heteroatoms. The second kappa shape index (κ2) is 3.30. The van der Waals surface area contributed by atoms with Crippen LogP contribution in [0.5, 0.6) is 0 Å². The van der Waals surface area contributed by atoms with Gasteiger partial charge < -0.3 is 15.8 Å². The number of carbonyl (C=O) groups is 1. The van der Waals surface area contributed by atoms with Gasteiger partial charge in [0.1, 0.15) is 5.65 Å². The van der Waals surface area contributed by atoms with E-state index in [1.807, 2.05) is 12.1 Å². The van der Waals surface area contributed by atoms with Gasteiger partial charge in [0, 0.05) is 23.8 Å². The number of rotatable bonds is 2. The fourth-order valence-corrected chi connectivity index (χ4v) is 2.70. The Bertz CT molecular complexity index is 584. The van der Waals surface area contributed by atoms with Crippen molar-refractivity contribution in [1.82, 2.24) is 9.97 Å². The highest BCUT2D eigenvalue weighted by Gasteiger charge is 2.51. The molecule has 2 aromatic heterocycles. The molecule has 0 unspecified atom stereocenters. The van der Waals surface area contributed by atoms with Crippen molar-refractivity contribution in [2.75, 3.05) is 0 Å². The predicted molar refractivity (Wildman–Crippen MR) is 62.6 cm³/mol. The van der Waals surface area contributed by atoms with Crippen molar-refractivity contribution in [3.8, 4) is 0 Å². The summed E-state index contributed by atoms with van der Waals surface area (Å²) >= 11 is 0. The maximum atomic E-state index is 11.5. The summed E-state index contributed by atoms with van der Waals surface area (Å²) in [5, 5.41) is 10.3. The van der Waals surface area contributed by atoms with Crippen LogP contribution in [-0.4, -0.2) is 27.1 Å². The van der Waals surface area contributed by atoms with Crippen molar-refractivity contribution in [1.29, 1.82) is 0 Å². The van der Waals surface area contributed by atoms with E-state index in [4.69, 9.17) is 5.73 Å². The van der Waals surface area contributed by atoms with Crippen LogP contribution in [0.1, 0.15) is 18.4 Å². The van der Waals surface area contributed by atoms with Crippen LogP contribution in [0.4, 0.5) is 0 Å². The first-order chi connectivity index (χ1) is 8.13. The van der Waals surface area contributed by atoms with E-state index in [2.05, 4.69) is 9.97 Å². The molecule has 0 aromatic carbocycles. The SMILES string of the molecule is NC1CC(C(=O)O)(c2c[nH]c3ncccc23)C1. The van der Waals surface area contributed by atoms with E-state index in [1.54, 1.807) is 12.4 Å². The van der Waals surface area contributed by atoms with Gasteiger partial charge in [-0.15, -0.1) is 0 Å². The van der Waals surface area contributed by atoms with Gasteiger partial charge in [-0.05, 0) is 30.5 Å². The third-order valence-corrected chi connectivity index (χ3v) is 3.60. The number of carboxylic acid groups (broad SMARTS) is 1. The molecule has 2 heterocycles. The molecule has 0 bridgehead atoms. The third-order valence-electron chi connectivity index (χ3n) is 3.60. The Labute approximate surface area is 97.7 Å². The summed E-state index contributed by atoms with van der Waals surface area (Å²) in [5.74, 6) is -0.802. The minimum absolute atomic E-state index is 0.0206. The maximum absolute atomic E-state index is 11.5. The fraction of sp³-hybridized carbons (Fsp3) is 0.333. The van der Waals surface area contributed by atoms with Crippen LogP contribution < -0.4 is 5.73 Å². The van der Waals surface area contributed by atoms with Crippen LogP contribution in [-0.2, 0) is 10.2 Å². The Balaban J connectivity index is 2.17. The van der Waals surface area contributed by atoms with E-state index in [-0.39, 0.29) is 6.04 Å². The molecule has 0 radical (unpaired) electrons. The quantitative estimate of drug-likeness (QED) is 0.719. The first-order valence-corrected chi connectivity index (χ1v) is 5.55. The molecular weight excluding hydrogens is 218 g/mol. The molecule has 1 fully saturated rings. The first kappa shape index (κ1) is 10.3. The van der Waals surface area contributed by atoms with Gasteiger partial charge in [0.15, 0.2) is 0 Å². The largest absolute Gasteiger partial charge is 0.481 e. The summed E-state index contributed by atoms with van der Waals surface area (Å²) in [6.45, 7) is 0. The van der Waals surface area contributed by atoms with Gasteiger partial charge in [-0.25, -0.2) is 4.98 Å². The highest BCUT2D eigenvalue weighted by molar-refractivity contribution is 5.91. The van der Waals surface area contributed by atoms with E-state index >= 15 is 0 Å². The maximum Gasteiger partial charge on any atom is 0.314 e. The molecule has 88 valence electrons. The molecule has 4 N–H and O–H groups in total. The minimum atomic E-state index is -0.833. The second-order valence-corrected chi connectivity index (χ2v) is 4.66. The molecular formula is C12H13N3O2. The molecule has 0 aliphatic heterocycles. The average Bonchev–Trinajstić information content (AvgIpc) is 2.68. The number of H-pyrrole nitrogens is 1. The van der Waals surface area contributed by atoms with Gasteiger partial charge >= 0.3 is 5.97 Å². The van der Waals surface area contributed by atoms with Crippen molar-refractivity contribution in [2.24, 2.45) is 5.73 Å². The van der Waals surface area contributed by atoms with Crippen LogP contribution in [0.2, 0.25) is 0 Å². The van der Waals surface area contributed by atoms with Crippen LogP contribution in [0.15, 0.2) is 24.5 Å². The molecule has 0 atom stereocenters. The molecule has 5 nitrogen and oxygen atoms in total. The Hall–Kier alpha value is -1.88. The number of fused-ring (bicyclic) bond motifs is 1. The lowest BCUT2D eigenvalue weighted by Crippen LogP contribution is -2.54. The van der Waals surface area contributed by atoms with E-state index < -0.39 is 11.4 Å². The Morgan fingerprint density at radius 2 is 2.35 bits per heavy atom. The second-order valence-electron chi connectivity index (χ2n) is 4.66. The number of hydrogen-bond acceptors (Lipinski definition) is 3. The highest BCUT2D eigenvalue weighted by atomic mass is 16.4. The van der Waals surface area contributed by atoms with Crippen LogP contribution in [0, 0.1) is 0 Å². The first-order valence-electron chi connectivity index (χ1n) is 5.55. The van der Waals surface area contributed by atoms with E-state index in [9.17, 15) is 9.90 Å². The summed E-state index contributed by atoms with van der Waals surface area (Å²) in [4.78, 5) is 18.7. The van der Waals surface area contributed by atoms with Crippen LogP contribution in [0.25, 0.3) is 11.0 Å². The summed E-state index contributed by atoms with van der Waals surface area (Å²) in [7, 11) is 0. The highest BCUT2D eigenvalue weighted by Crippen LogP contribution is 2.45. The number of nitrogens with one attached hydrogen (secondary N) is 1. The number of hydrogen-bond donors (Lipinski definition) is 3. The Morgan fingerprint density at radius 3 is 3.00 bits per heavy atom. The summed E-state index contributed by atoms with van der Waals surface area (Å²) in [6, 6.07) is 3.68. The molecule has 0 saturated heterocycles. The molecule has 1 aliphatic rings. The van der Waals surface area contributed by atoms with Gasteiger partial charge in [-0.1, -0.05) is 0 Å². The summed E-state index contributed by atoms with van der Waals surface area (Å²) in [5.41, 5.74) is 6.45. The van der Waals surface area contributed by atoms with Crippen molar-refractivity contribution in [3.63, 3.8) is 0 Å². The lowest BCUT2D eigenvalue weighted by atomic mass is 9.62. The smallest absolute Gasteiger partial charge is 0.314 e. The normalized spacial score (nSPS) is 27.9. The van der Waals surface area contributed by atoms with Gasteiger partial charge in [-0.2, -0.15) is 0 Å². The molecule has 1 saturated carbocycles. The molecule has 0 spiro atoms. The number of aromatic nitrogens is 2. The summed E-state index contributed by atoms with van der Waals surface area (Å²) in [6.07, 6.45) is 4.41. The molecule has 17 heavy (non-hydrogen) atoms. The topological polar surface area (TPSA) is 92.0 Å². The van der Waals surface area contributed by atoms with Crippen molar-refractivity contribution in [2.45, 2.75) is 24.3 Å². The molecule has 3 rings (SSSR count). The lowest BCUT2D eigenvalue weighted by molar-refractivity contribution is -0.148. The van der Waals surface area contributed by atoms with Gasteiger partial charge in [-0.3, -0.25) is 4.79 Å².